The highest BCUT2D eigenvalue weighted by atomic mass is 16.3. The van der Waals surface area contributed by atoms with Gasteiger partial charge < -0.3 is 5.11 Å². The Balaban J connectivity index is 0.000000194. The van der Waals surface area contributed by atoms with Crippen molar-refractivity contribution in [3.63, 3.8) is 0 Å². The van der Waals surface area contributed by atoms with Crippen LogP contribution in [0.4, 0.5) is 0 Å². The quantitative estimate of drug-likeness (QED) is 0.626. The van der Waals surface area contributed by atoms with E-state index in [1.165, 1.54) is 5.56 Å². The van der Waals surface area contributed by atoms with E-state index < -0.39 is 0 Å². The highest BCUT2D eigenvalue weighted by Gasteiger charge is 2.27. The van der Waals surface area contributed by atoms with Crippen molar-refractivity contribution in [1.29, 1.82) is 0 Å². The van der Waals surface area contributed by atoms with Gasteiger partial charge in [0.15, 0.2) is 0 Å². The summed E-state index contributed by atoms with van der Waals surface area (Å²) in [5.74, 6) is 0.412. The summed E-state index contributed by atoms with van der Waals surface area (Å²) in [5, 5.41) is 22.0. The first-order valence-corrected chi connectivity index (χ1v) is 8.47. The van der Waals surface area contributed by atoms with E-state index in [0.29, 0.717) is 5.75 Å². The van der Waals surface area contributed by atoms with Crippen molar-refractivity contribution in [3.05, 3.63) is 59.8 Å². The third-order valence-electron chi connectivity index (χ3n) is 3.94. The van der Waals surface area contributed by atoms with Gasteiger partial charge in [0.2, 0.25) is 0 Å². The smallest absolute Gasteiger partial charge is 0.119 e. The molecule has 0 amide bonds. The van der Waals surface area contributed by atoms with Crippen molar-refractivity contribution in [3.8, 4) is 5.75 Å². The summed E-state index contributed by atoms with van der Waals surface area (Å²) in [5.41, 5.74) is 3.24. The van der Waals surface area contributed by atoms with Crippen LogP contribution in [0.1, 0.15) is 52.7 Å². The summed E-state index contributed by atoms with van der Waals surface area (Å²) in [7, 11) is 0. The van der Waals surface area contributed by atoms with Gasteiger partial charge in [-0.1, -0.05) is 71.9 Å². The fraction of sp³-hybridized carbons (Fsp3) is 0.381. The van der Waals surface area contributed by atoms with E-state index >= 15 is 0 Å². The van der Waals surface area contributed by atoms with Crippen LogP contribution in [-0.2, 0) is 10.8 Å². The number of aromatic hydroxyl groups is 1. The Hall–Kier alpha value is -2.49. The fourth-order valence-electron chi connectivity index (χ4n) is 2.80. The molecule has 3 aromatic rings. The lowest BCUT2D eigenvalue weighted by Crippen LogP contribution is -2.21. The molecule has 4 nitrogen and oxygen atoms in total. The Kier molecular flexibility index (Phi) is 5.41. The molecule has 1 aromatic heterocycles. The number of hydrogen-bond acceptors (Lipinski definition) is 4. The lowest BCUT2D eigenvalue weighted by atomic mass is 9.75. The highest BCUT2D eigenvalue weighted by Crippen LogP contribution is 2.38. The first kappa shape index (κ1) is 18.8. The van der Waals surface area contributed by atoms with E-state index in [2.05, 4.69) is 63.0 Å². The number of benzene rings is 2. The van der Waals surface area contributed by atoms with Crippen LogP contribution in [0.2, 0.25) is 0 Å². The molecule has 0 unspecified atom stereocenters. The maximum Gasteiger partial charge on any atom is 0.119 e. The predicted molar refractivity (Wildman–Crippen MR) is 103 cm³/mol. The van der Waals surface area contributed by atoms with Crippen molar-refractivity contribution >= 4 is 10.9 Å². The van der Waals surface area contributed by atoms with Crippen LogP contribution in [0.5, 0.6) is 5.75 Å². The van der Waals surface area contributed by atoms with Crippen molar-refractivity contribution in [1.82, 2.24) is 15.4 Å². The molecule has 1 N–H and O–H groups in total. The second-order valence-electron chi connectivity index (χ2n) is 8.19. The molecule has 0 atom stereocenters. The first-order valence-electron chi connectivity index (χ1n) is 8.47. The molecule has 132 valence electrons. The van der Waals surface area contributed by atoms with Crippen LogP contribution in [0.15, 0.2) is 48.7 Å². The number of phenolic OH excluding ortho intramolecular Hbond substituents is 1. The zero-order valence-electron chi connectivity index (χ0n) is 15.9. The molecule has 0 fully saturated rings. The van der Waals surface area contributed by atoms with E-state index in [9.17, 15) is 5.11 Å². The Bertz CT molecular complexity index is 780. The summed E-state index contributed by atoms with van der Waals surface area (Å²) >= 11 is 0. The second kappa shape index (κ2) is 7.18. The van der Waals surface area contributed by atoms with Crippen molar-refractivity contribution in [2.45, 2.75) is 52.4 Å². The molecule has 0 bridgehead atoms. The van der Waals surface area contributed by atoms with E-state index in [1.807, 2.05) is 30.3 Å². The van der Waals surface area contributed by atoms with Crippen LogP contribution >= 0.6 is 0 Å². The zero-order chi connectivity index (χ0) is 18.7. The molecule has 25 heavy (non-hydrogen) atoms. The third kappa shape index (κ3) is 4.75. The van der Waals surface area contributed by atoms with Crippen LogP contribution in [0.3, 0.4) is 0 Å². The van der Waals surface area contributed by atoms with Crippen LogP contribution in [0, 0.1) is 0 Å². The van der Waals surface area contributed by atoms with Crippen molar-refractivity contribution in [2.24, 2.45) is 0 Å². The Morgan fingerprint density at radius 2 is 1.48 bits per heavy atom. The lowest BCUT2D eigenvalue weighted by molar-refractivity contribution is 0.435. The van der Waals surface area contributed by atoms with E-state index in [1.54, 1.807) is 12.3 Å². The molecule has 0 aliphatic heterocycles. The average Bonchev–Trinajstić information content (AvgIpc) is 2.53. The van der Waals surface area contributed by atoms with E-state index in [4.69, 9.17) is 0 Å². The minimum absolute atomic E-state index is 0.0199. The van der Waals surface area contributed by atoms with Gasteiger partial charge in [0, 0.05) is 10.9 Å². The summed E-state index contributed by atoms with van der Waals surface area (Å²) in [6.45, 7) is 12.9. The molecular weight excluding hydrogens is 310 g/mol. The standard InChI is InChI=1S/C14H22O.C7H5N3/c1-13(2,3)10-8-7-9-11(15)12(10)14(4,5)6;1-2-4-7-6(3-1)5-8-10-9-7/h7-9,15H,1-6H3;1-5H. The molecule has 3 rings (SSSR count). The molecule has 0 spiro atoms. The Morgan fingerprint density at radius 1 is 0.800 bits per heavy atom. The summed E-state index contributed by atoms with van der Waals surface area (Å²) < 4.78 is 0. The summed E-state index contributed by atoms with van der Waals surface area (Å²) in [6, 6.07) is 13.5. The Labute approximate surface area is 149 Å². The number of hydrogen-bond donors (Lipinski definition) is 1. The molecule has 0 saturated heterocycles. The average molecular weight is 337 g/mol. The van der Waals surface area contributed by atoms with Crippen LogP contribution in [-0.4, -0.2) is 20.5 Å². The SMILES string of the molecule is CC(C)(C)c1cccc(O)c1C(C)(C)C.c1ccc2nnncc2c1. The number of phenols is 1. The van der Waals surface area contributed by atoms with Gasteiger partial charge in [0.1, 0.15) is 5.75 Å². The minimum atomic E-state index is -0.0199. The third-order valence-corrected chi connectivity index (χ3v) is 3.94. The van der Waals surface area contributed by atoms with E-state index in [0.717, 1.165) is 16.5 Å². The molecule has 4 heteroatoms. The largest absolute Gasteiger partial charge is 0.508 e. The first-order chi connectivity index (χ1) is 11.6. The molecule has 0 radical (unpaired) electrons. The van der Waals surface area contributed by atoms with Crippen LogP contribution in [0.25, 0.3) is 10.9 Å². The number of nitrogens with zero attached hydrogens (tertiary/aromatic N) is 3. The van der Waals surface area contributed by atoms with Gasteiger partial charge in [0.05, 0.1) is 11.7 Å². The lowest BCUT2D eigenvalue weighted by Gasteiger charge is -2.30. The molecule has 1 heterocycles. The van der Waals surface area contributed by atoms with Gasteiger partial charge in [-0.3, -0.25) is 0 Å². The highest BCUT2D eigenvalue weighted by molar-refractivity contribution is 5.76. The predicted octanol–water partition coefficient (Wildman–Crippen LogP) is 5.01. The van der Waals surface area contributed by atoms with Crippen molar-refractivity contribution in [2.75, 3.05) is 0 Å². The number of fused-ring (bicyclic) bond motifs is 1. The molecule has 0 aliphatic carbocycles. The number of rotatable bonds is 0. The van der Waals surface area contributed by atoms with E-state index in [-0.39, 0.29) is 10.8 Å². The Morgan fingerprint density at radius 3 is 2.04 bits per heavy atom. The zero-order valence-corrected chi connectivity index (χ0v) is 15.9. The van der Waals surface area contributed by atoms with Gasteiger partial charge in [-0.2, -0.15) is 0 Å². The normalized spacial score (nSPS) is 11.8. The van der Waals surface area contributed by atoms with Gasteiger partial charge in [-0.05, 0) is 33.7 Å². The maximum absolute atomic E-state index is 9.99. The monoisotopic (exact) mass is 337 g/mol. The topological polar surface area (TPSA) is 58.9 Å². The van der Waals surface area contributed by atoms with Crippen LogP contribution < -0.4 is 0 Å². The molecule has 0 aliphatic rings. The molecule has 2 aromatic carbocycles. The molecular formula is C21H27N3O. The van der Waals surface area contributed by atoms with Gasteiger partial charge in [0.25, 0.3) is 0 Å². The fourth-order valence-corrected chi connectivity index (χ4v) is 2.80. The summed E-state index contributed by atoms with van der Waals surface area (Å²) in [4.78, 5) is 0. The van der Waals surface area contributed by atoms with Gasteiger partial charge in [-0.25, -0.2) is 0 Å². The second-order valence-corrected chi connectivity index (χ2v) is 8.19. The minimum Gasteiger partial charge on any atom is -0.508 e. The maximum atomic E-state index is 9.99. The van der Waals surface area contributed by atoms with Gasteiger partial charge >= 0.3 is 0 Å². The van der Waals surface area contributed by atoms with Crippen molar-refractivity contribution < 1.29 is 5.11 Å². The summed E-state index contributed by atoms with van der Waals surface area (Å²) in [6.07, 6.45) is 1.70. The number of aromatic nitrogens is 3. The van der Waals surface area contributed by atoms with Gasteiger partial charge in [-0.15, -0.1) is 10.2 Å². The molecule has 0 saturated carbocycles.